The molecule has 0 aliphatic carbocycles. The molecule has 2 N–H and O–H groups in total. The zero-order chi connectivity index (χ0) is 16.2. The van der Waals surface area contributed by atoms with E-state index >= 15 is 0 Å². The van der Waals surface area contributed by atoms with Crippen molar-refractivity contribution >= 4 is 17.6 Å². The summed E-state index contributed by atoms with van der Waals surface area (Å²) in [7, 11) is 3.81. The molecular weight excluding hydrogens is 284 g/mol. The number of carbonyl (C=O) groups excluding carboxylic acids is 1. The quantitative estimate of drug-likeness (QED) is 0.862. The predicted molar refractivity (Wildman–Crippen MR) is 83.3 cm³/mol. The summed E-state index contributed by atoms with van der Waals surface area (Å²) in [5.41, 5.74) is 0.726. The van der Waals surface area contributed by atoms with Gasteiger partial charge in [-0.3, -0.25) is 9.59 Å². The third-order valence-electron chi connectivity index (χ3n) is 3.94. The van der Waals surface area contributed by atoms with Gasteiger partial charge in [-0.2, -0.15) is 0 Å². The number of ether oxygens (including phenoxy) is 1. The minimum absolute atomic E-state index is 0.0878. The number of rotatable bonds is 5. The van der Waals surface area contributed by atoms with E-state index in [0.717, 1.165) is 5.69 Å². The van der Waals surface area contributed by atoms with Crippen LogP contribution in [-0.4, -0.2) is 49.8 Å². The van der Waals surface area contributed by atoms with Gasteiger partial charge in [0, 0.05) is 38.6 Å². The van der Waals surface area contributed by atoms with Gasteiger partial charge in [0.05, 0.1) is 12.0 Å². The van der Waals surface area contributed by atoms with E-state index in [0.29, 0.717) is 31.6 Å². The van der Waals surface area contributed by atoms with Gasteiger partial charge in [-0.15, -0.1) is 0 Å². The van der Waals surface area contributed by atoms with Crippen LogP contribution in [0.4, 0.5) is 5.69 Å². The number of anilines is 1. The maximum atomic E-state index is 12.5. The Morgan fingerprint density at radius 3 is 2.59 bits per heavy atom. The number of hydrogen-bond acceptors (Lipinski definition) is 4. The van der Waals surface area contributed by atoms with Gasteiger partial charge in [-0.1, -0.05) is 6.07 Å². The molecule has 0 aromatic heterocycles. The molecule has 1 fully saturated rings. The average Bonchev–Trinajstić information content (AvgIpc) is 2.47. The van der Waals surface area contributed by atoms with Crippen molar-refractivity contribution in [1.82, 2.24) is 5.32 Å². The summed E-state index contributed by atoms with van der Waals surface area (Å²) in [5, 5.41) is 12.1. The van der Waals surface area contributed by atoms with E-state index in [1.54, 1.807) is 12.1 Å². The number of aliphatic carboxylic acids is 1. The monoisotopic (exact) mass is 306 g/mol. The molecular formula is C16H22N2O4. The Hall–Kier alpha value is -2.08. The molecule has 0 atom stereocenters. The summed E-state index contributed by atoms with van der Waals surface area (Å²) >= 11 is 0. The minimum atomic E-state index is -0.913. The van der Waals surface area contributed by atoms with Crippen molar-refractivity contribution < 1.29 is 19.4 Å². The van der Waals surface area contributed by atoms with E-state index in [-0.39, 0.29) is 12.3 Å². The molecule has 6 nitrogen and oxygen atoms in total. The topological polar surface area (TPSA) is 78.9 Å². The second kappa shape index (κ2) is 6.79. The number of carboxylic acids is 1. The fraction of sp³-hybridized carbons (Fsp3) is 0.500. The van der Waals surface area contributed by atoms with Crippen LogP contribution in [0, 0.1) is 0 Å². The highest BCUT2D eigenvalue weighted by atomic mass is 16.5. The number of carbonyl (C=O) groups is 2. The van der Waals surface area contributed by atoms with Crippen LogP contribution in [0.1, 0.15) is 29.6 Å². The average molecular weight is 306 g/mol. The number of amides is 1. The molecule has 6 heteroatoms. The zero-order valence-corrected chi connectivity index (χ0v) is 13.0. The van der Waals surface area contributed by atoms with E-state index in [4.69, 9.17) is 9.84 Å². The summed E-state index contributed by atoms with van der Waals surface area (Å²) in [6.45, 7) is 0.927. The first kappa shape index (κ1) is 16.3. The maximum Gasteiger partial charge on any atom is 0.305 e. The first-order valence-corrected chi connectivity index (χ1v) is 7.31. The Bertz CT molecular complexity index is 551. The van der Waals surface area contributed by atoms with Gasteiger partial charge in [0.15, 0.2) is 0 Å². The summed E-state index contributed by atoms with van der Waals surface area (Å²) in [6, 6.07) is 7.26. The van der Waals surface area contributed by atoms with Crippen LogP contribution in [0.3, 0.4) is 0 Å². The summed E-state index contributed by atoms with van der Waals surface area (Å²) in [4.78, 5) is 25.6. The second-order valence-electron chi connectivity index (χ2n) is 5.86. The van der Waals surface area contributed by atoms with E-state index < -0.39 is 11.5 Å². The lowest BCUT2D eigenvalue weighted by molar-refractivity contribution is -0.139. The molecule has 1 heterocycles. The summed E-state index contributed by atoms with van der Waals surface area (Å²) < 4.78 is 5.29. The highest BCUT2D eigenvalue weighted by molar-refractivity contribution is 5.96. The number of hydrogen-bond donors (Lipinski definition) is 2. The third-order valence-corrected chi connectivity index (χ3v) is 3.94. The van der Waals surface area contributed by atoms with Gasteiger partial charge in [0.1, 0.15) is 0 Å². The van der Waals surface area contributed by atoms with Crippen LogP contribution in [0.5, 0.6) is 0 Å². The third kappa shape index (κ3) is 3.98. The molecule has 0 saturated carbocycles. The lowest BCUT2D eigenvalue weighted by atomic mass is 9.86. The number of nitrogens with one attached hydrogen (secondary N) is 1. The second-order valence-corrected chi connectivity index (χ2v) is 5.86. The van der Waals surface area contributed by atoms with Gasteiger partial charge in [-0.05, 0) is 31.0 Å². The van der Waals surface area contributed by atoms with Crippen LogP contribution < -0.4 is 10.2 Å². The predicted octanol–water partition coefficient (Wildman–Crippen LogP) is 1.51. The van der Waals surface area contributed by atoms with E-state index in [1.165, 1.54) is 0 Å². The largest absolute Gasteiger partial charge is 0.481 e. The number of nitrogens with zero attached hydrogens (tertiary/aromatic N) is 1. The van der Waals surface area contributed by atoms with Crippen molar-refractivity contribution in [3.05, 3.63) is 29.8 Å². The van der Waals surface area contributed by atoms with Crippen LogP contribution in [0.25, 0.3) is 0 Å². The van der Waals surface area contributed by atoms with Gasteiger partial charge in [0.25, 0.3) is 5.91 Å². The molecule has 1 amide bonds. The van der Waals surface area contributed by atoms with Gasteiger partial charge < -0.3 is 20.1 Å². The van der Waals surface area contributed by atoms with E-state index in [9.17, 15) is 9.59 Å². The molecule has 0 bridgehead atoms. The molecule has 1 aromatic carbocycles. The fourth-order valence-electron chi connectivity index (χ4n) is 2.64. The van der Waals surface area contributed by atoms with E-state index in [1.807, 2.05) is 31.1 Å². The molecule has 0 unspecified atom stereocenters. The van der Waals surface area contributed by atoms with Crippen molar-refractivity contribution in [2.75, 3.05) is 32.2 Å². The summed E-state index contributed by atoms with van der Waals surface area (Å²) in [5.74, 6) is -1.16. The number of carboxylic acid groups (broad SMARTS) is 1. The first-order valence-electron chi connectivity index (χ1n) is 7.31. The van der Waals surface area contributed by atoms with Crippen LogP contribution in [0.15, 0.2) is 24.3 Å². The van der Waals surface area contributed by atoms with Crippen molar-refractivity contribution in [2.45, 2.75) is 24.8 Å². The zero-order valence-electron chi connectivity index (χ0n) is 13.0. The number of benzene rings is 1. The Kier molecular flexibility index (Phi) is 5.03. The molecule has 0 spiro atoms. The highest BCUT2D eigenvalue weighted by Gasteiger charge is 2.36. The van der Waals surface area contributed by atoms with Crippen molar-refractivity contribution in [3.63, 3.8) is 0 Å². The Morgan fingerprint density at radius 2 is 2.00 bits per heavy atom. The molecule has 1 saturated heterocycles. The fourth-order valence-corrected chi connectivity index (χ4v) is 2.64. The molecule has 1 aliphatic rings. The van der Waals surface area contributed by atoms with Crippen LogP contribution >= 0.6 is 0 Å². The normalized spacial score (nSPS) is 16.8. The highest BCUT2D eigenvalue weighted by Crippen LogP contribution is 2.25. The van der Waals surface area contributed by atoms with Crippen molar-refractivity contribution in [3.8, 4) is 0 Å². The Labute approximate surface area is 130 Å². The van der Waals surface area contributed by atoms with Crippen molar-refractivity contribution in [1.29, 1.82) is 0 Å². The summed E-state index contributed by atoms with van der Waals surface area (Å²) in [6.07, 6.45) is 0.937. The van der Waals surface area contributed by atoms with Crippen molar-refractivity contribution in [2.24, 2.45) is 0 Å². The van der Waals surface area contributed by atoms with Crippen LogP contribution in [-0.2, 0) is 9.53 Å². The molecule has 120 valence electrons. The molecule has 2 rings (SSSR count). The molecule has 1 aliphatic heterocycles. The molecule has 1 aromatic rings. The maximum absolute atomic E-state index is 12.5. The molecule has 22 heavy (non-hydrogen) atoms. The van der Waals surface area contributed by atoms with Gasteiger partial charge >= 0.3 is 5.97 Å². The Morgan fingerprint density at radius 1 is 1.32 bits per heavy atom. The lowest BCUT2D eigenvalue weighted by Crippen LogP contribution is -2.53. The first-order chi connectivity index (χ1) is 10.4. The smallest absolute Gasteiger partial charge is 0.305 e. The van der Waals surface area contributed by atoms with Gasteiger partial charge in [-0.25, -0.2) is 0 Å². The molecule has 0 radical (unpaired) electrons. The van der Waals surface area contributed by atoms with Gasteiger partial charge in [0.2, 0.25) is 0 Å². The standard InChI is InChI=1S/C16H22N2O4/c1-18(2)13-5-3-4-12(10-13)15(21)17-16(11-14(19)20)6-8-22-9-7-16/h3-5,10H,6-9,11H2,1-2H3,(H,17,21)(H,19,20). The lowest BCUT2D eigenvalue weighted by Gasteiger charge is -2.36. The SMILES string of the molecule is CN(C)c1cccc(C(=O)NC2(CC(=O)O)CCOCC2)c1. The van der Waals surface area contributed by atoms with Crippen LogP contribution in [0.2, 0.25) is 0 Å². The minimum Gasteiger partial charge on any atom is -0.481 e. The Balaban J connectivity index is 2.17. The van der Waals surface area contributed by atoms with E-state index in [2.05, 4.69) is 5.32 Å².